The van der Waals surface area contributed by atoms with Gasteiger partial charge in [-0.3, -0.25) is 4.79 Å². The summed E-state index contributed by atoms with van der Waals surface area (Å²) in [5.41, 5.74) is 5.45. The summed E-state index contributed by atoms with van der Waals surface area (Å²) in [6, 6.07) is 3.51. The van der Waals surface area contributed by atoms with E-state index in [1.54, 1.807) is 6.92 Å². The van der Waals surface area contributed by atoms with E-state index in [4.69, 9.17) is 5.73 Å². The van der Waals surface area contributed by atoms with Crippen LogP contribution in [0.3, 0.4) is 0 Å². The molecule has 0 saturated carbocycles. The minimum atomic E-state index is -0.406. The third-order valence-corrected chi connectivity index (χ3v) is 2.28. The van der Waals surface area contributed by atoms with Gasteiger partial charge >= 0.3 is 0 Å². The number of phenols is 1. The Morgan fingerprint density at radius 2 is 2.31 bits per heavy atom. The van der Waals surface area contributed by atoms with Crippen LogP contribution in [0.1, 0.15) is 24.9 Å². The Kier molecular flexibility index (Phi) is 4.25. The minimum Gasteiger partial charge on any atom is -0.508 e. The Hall–Kier alpha value is -1.62. The quantitative estimate of drug-likeness (QED) is 0.702. The fourth-order valence-electron chi connectivity index (χ4n) is 1.39. The van der Waals surface area contributed by atoms with Crippen molar-refractivity contribution in [2.75, 3.05) is 6.54 Å². The number of halogens is 1. The number of primary amides is 1. The molecule has 0 bridgehead atoms. The summed E-state index contributed by atoms with van der Waals surface area (Å²) in [4.78, 5) is 10.5. The largest absolute Gasteiger partial charge is 0.508 e. The Morgan fingerprint density at radius 1 is 1.62 bits per heavy atom. The second-order valence-electron chi connectivity index (χ2n) is 3.60. The second kappa shape index (κ2) is 5.46. The number of aromatic hydroxyl groups is 1. The highest BCUT2D eigenvalue weighted by atomic mass is 19.1. The summed E-state index contributed by atoms with van der Waals surface area (Å²) in [5, 5.41) is 12.5. The van der Waals surface area contributed by atoms with Gasteiger partial charge in [-0.2, -0.15) is 0 Å². The number of rotatable bonds is 5. The first-order chi connectivity index (χ1) is 7.50. The molecule has 4 nitrogen and oxygen atoms in total. The van der Waals surface area contributed by atoms with Gasteiger partial charge in [0.1, 0.15) is 11.6 Å². The highest BCUT2D eigenvalue weighted by Crippen LogP contribution is 2.24. The molecule has 0 spiro atoms. The number of carbonyl (C=O) groups excluding carboxylic acids is 1. The van der Waals surface area contributed by atoms with Crippen LogP contribution in [0.5, 0.6) is 5.75 Å². The molecule has 0 aliphatic heterocycles. The molecule has 0 aromatic heterocycles. The first kappa shape index (κ1) is 12.4. The molecule has 1 atom stereocenters. The van der Waals surface area contributed by atoms with Crippen LogP contribution in [0.4, 0.5) is 4.39 Å². The van der Waals surface area contributed by atoms with E-state index in [1.807, 2.05) is 0 Å². The van der Waals surface area contributed by atoms with Crippen molar-refractivity contribution in [2.24, 2.45) is 5.73 Å². The lowest BCUT2D eigenvalue weighted by molar-refractivity contribution is -0.117. The smallest absolute Gasteiger partial charge is 0.218 e. The molecule has 0 heterocycles. The van der Waals surface area contributed by atoms with E-state index in [1.165, 1.54) is 18.2 Å². The number of carbonyl (C=O) groups is 1. The third-order valence-electron chi connectivity index (χ3n) is 2.28. The number of benzene rings is 1. The van der Waals surface area contributed by atoms with Crippen molar-refractivity contribution < 1.29 is 14.3 Å². The average Bonchev–Trinajstić information content (AvgIpc) is 2.21. The van der Waals surface area contributed by atoms with Crippen LogP contribution in [0.25, 0.3) is 0 Å². The monoisotopic (exact) mass is 226 g/mol. The summed E-state index contributed by atoms with van der Waals surface area (Å²) in [6.45, 7) is 2.17. The first-order valence-electron chi connectivity index (χ1n) is 5.01. The number of hydrogen-bond donors (Lipinski definition) is 3. The molecule has 88 valence electrons. The van der Waals surface area contributed by atoms with Crippen molar-refractivity contribution in [3.63, 3.8) is 0 Å². The average molecular weight is 226 g/mol. The maximum absolute atomic E-state index is 12.9. The Bertz CT molecular complexity index is 382. The molecule has 1 aromatic carbocycles. The van der Waals surface area contributed by atoms with Crippen LogP contribution in [0.15, 0.2) is 18.2 Å². The number of nitrogens with one attached hydrogen (secondary N) is 1. The number of hydrogen-bond acceptors (Lipinski definition) is 3. The molecule has 1 amide bonds. The molecule has 1 aromatic rings. The molecule has 1 unspecified atom stereocenters. The summed E-state index contributed by atoms with van der Waals surface area (Å²) in [7, 11) is 0. The molecule has 0 radical (unpaired) electrons. The van der Waals surface area contributed by atoms with Gasteiger partial charge in [0.15, 0.2) is 0 Å². The minimum absolute atomic E-state index is 0.0282. The fourth-order valence-corrected chi connectivity index (χ4v) is 1.39. The summed E-state index contributed by atoms with van der Waals surface area (Å²) in [5.74, 6) is -0.778. The maximum Gasteiger partial charge on any atom is 0.218 e. The molecule has 0 aliphatic carbocycles. The summed E-state index contributed by atoms with van der Waals surface area (Å²) >= 11 is 0. The number of nitrogens with two attached hydrogens (primary N) is 1. The summed E-state index contributed by atoms with van der Waals surface area (Å²) < 4.78 is 12.9. The highest BCUT2D eigenvalue weighted by Gasteiger charge is 2.10. The van der Waals surface area contributed by atoms with E-state index in [2.05, 4.69) is 5.32 Å². The van der Waals surface area contributed by atoms with E-state index in [-0.39, 0.29) is 18.2 Å². The van der Waals surface area contributed by atoms with Crippen molar-refractivity contribution in [2.45, 2.75) is 19.4 Å². The molecule has 0 fully saturated rings. The van der Waals surface area contributed by atoms with Gasteiger partial charge in [-0.15, -0.1) is 0 Å². The van der Waals surface area contributed by atoms with E-state index >= 15 is 0 Å². The van der Waals surface area contributed by atoms with E-state index in [9.17, 15) is 14.3 Å². The van der Waals surface area contributed by atoms with Gasteiger partial charge in [0.25, 0.3) is 0 Å². The zero-order valence-corrected chi connectivity index (χ0v) is 9.03. The Morgan fingerprint density at radius 3 is 2.94 bits per heavy atom. The summed E-state index contributed by atoms with van der Waals surface area (Å²) in [6.07, 6.45) is 0.209. The van der Waals surface area contributed by atoms with E-state index in [0.29, 0.717) is 12.1 Å². The van der Waals surface area contributed by atoms with Gasteiger partial charge in [0.05, 0.1) is 0 Å². The number of amides is 1. The predicted molar refractivity (Wildman–Crippen MR) is 58.3 cm³/mol. The molecular weight excluding hydrogens is 211 g/mol. The Labute approximate surface area is 93.3 Å². The third kappa shape index (κ3) is 3.51. The van der Waals surface area contributed by atoms with Crippen LogP contribution >= 0.6 is 0 Å². The zero-order valence-electron chi connectivity index (χ0n) is 9.03. The van der Waals surface area contributed by atoms with Crippen molar-refractivity contribution in [3.05, 3.63) is 29.6 Å². The SMILES string of the molecule is CC(NCCC(N)=O)c1cc(F)ccc1O. The van der Waals surface area contributed by atoms with Crippen LogP contribution in [-0.4, -0.2) is 17.6 Å². The van der Waals surface area contributed by atoms with Crippen LogP contribution in [0, 0.1) is 5.82 Å². The van der Waals surface area contributed by atoms with Crippen molar-refractivity contribution >= 4 is 5.91 Å². The molecule has 0 aliphatic rings. The van der Waals surface area contributed by atoms with Gasteiger partial charge in [-0.1, -0.05) is 0 Å². The van der Waals surface area contributed by atoms with Crippen LogP contribution in [-0.2, 0) is 4.79 Å². The lowest BCUT2D eigenvalue weighted by atomic mass is 10.1. The lowest BCUT2D eigenvalue weighted by Crippen LogP contribution is -2.24. The van der Waals surface area contributed by atoms with Crippen LogP contribution < -0.4 is 11.1 Å². The first-order valence-corrected chi connectivity index (χ1v) is 5.01. The molecular formula is C11H15FN2O2. The number of phenolic OH excluding ortho intramolecular Hbond substituents is 1. The van der Waals surface area contributed by atoms with Gasteiger partial charge < -0.3 is 16.2 Å². The van der Waals surface area contributed by atoms with Gasteiger partial charge in [0, 0.05) is 24.6 Å². The van der Waals surface area contributed by atoms with Crippen molar-refractivity contribution in [1.82, 2.24) is 5.32 Å². The fraction of sp³-hybridized carbons (Fsp3) is 0.364. The normalized spacial score (nSPS) is 12.4. The molecule has 1 rings (SSSR count). The molecule has 4 N–H and O–H groups in total. The topological polar surface area (TPSA) is 75.3 Å². The van der Waals surface area contributed by atoms with Gasteiger partial charge in [-0.25, -0.2) is 4.39 Å². The van der Waals surface area contributed by atoms with E-state index < -0.39 is 11.7 Å². The standard InChI is InChI=1S/C11H15FN2O2/c1-7(14-5-4-11(13)16)9-6-8(12)2-3-10(9)15/h2-3,6-7,14-15H,4-5H2,1H3,(H2,13,16). The van der Waals surface area contributed by atoms with Crippen LogP contribution in [0.2, 0.25) is 0 Å². The van der Waals surface area contributed by atoms with Gasteiger partial charge in [-0.05, 0) is 25.1 Å². The van der Waals surface area contributed by atoms with Crippen molar-refractivity contribution in [3.8, 4) is 5.75 Å². The highest BCUT2D eigenvalue weighted by molar-refractivity contribution is 5.73. The molecule has 16 heavy (non-hydrogen) atoms. The van der Waals surface area contributed by atoms with E-state index in [0.717, 1.165) is 0 Å². The predicted octanol–water partition coefficient (Wildman–Crippen LogP) is 1.06. The molecule has 0 saturated heterocycles. The zero-order chi connectivity index (χ0) is 12.1. The Balaban J connectivity index is 2.61. The van der Waals surface area contributed by atoms with Crippen molar-refractivity contribution in [1.29, 1.82) is 0 Å². The lowest BCUT2D eigenvalue weighted by Gasteiger charge is -2.15. The van der Waals surface area contributed by atoms with Gasteiger partial charge in [0.2, 0.25) is 5.91 Å². The maximum atomic E-state index is 12.9. The second-order valence-corrected chi connectivity index (χ2v) is 3.60. The molecule has 5 heteroatoms.